The van der Waals surface area contributed by atoms with Gasteiger partial charge in [0.05, 0.1) is 5.56 Å². The maximum absolute atomic E-state index is 12.3. The van der Waals surface area contributed by atoms with E-state index in [2.05, 4.69) is 11.5 Å². The number of nitrogens with two attached hydrogens (primary N) is 1. The Labute approximate surface area is 160 Å². The topological polar surface area (TPSA) is 66.5 Å². The predicted molar refractivity (Wildman–Crippen MR) is 105 cm³/mol. The molecule has 1 aromatic carbocycles. The summed E-state index contributed by atoms with van der Waals surface area (Å²) in [6, 6.07) is 5.88. The highest BCUT2D eigenvalue weighted by atomic mass is 16.6. The van der Waals surface area contributed by atoms with E-state index in [1.165, 1.54) is 32.1 Å². The van der Waals surface area contributed by atoms with E-state index in [-0.39, 0.29) is 5.91 Å². The summed E-state index contributed by atoms with van der Waals surface area (Å²) < 4.78 is 13.7. The molecule has 0 spiro atoms. The van der Waals surface area contributed by atoms with Crippen molar-refractivity contribution in [3.63, 3.8) is 0 Å². The van der Waals surface area contributed by atoms with Crippen molar-refractivity contribution in [3.8, 4) is 22.6 Å². The number of hydrogen-bond acceptors (Lipinski definition) is 3. The Hall–Kier alpha value is -2.43. The van der Waals surface area contributed by atoms with Gasteiger partial charge in [0, 0.05) is 23.5 Å². The van der Waals surface area contributed by atoms with Crippen LogP contribution in [0.15, 0.2) is 18.2 Å². The average Bonchev–Trinajstić information content (AvgIpc) is 2.93. The third-order valence-electron chi connectivity index (χ3n) is 6.03. The Bertz CT molecular complexity index is 863. The van der Waals surface area contributed by atoms with E-state index >= 15 is 0 Å². The number of nitrogens with zero attached hydrogens (tertiary/aromatic N) is 1. The van der Waals surface area contributed by atoms with E-state index in [9.17, 15) is 4.79 Å². The van der Waals surface area contributed by atoms with Crippen LogP contribution in [0.5, 0.6) is 11.5 Å². The van der Waals surface area contributed by atoms with Crippen LogP contribution >= 0.6 is 0 Å². The molecule has 0 radical (unpaired) electrons. The zero-order valence-electron chi connectivity index (χ0n) is 16.2. The number of primary amides is 1. The number of ether oxygens (including phenoxy) is 2. The number of rotatable bonds is 4. The molecule has 2 aliphatic rings. The van der Waals surface area contributed by atoms with E-state index in [1.54, 1.807) is 0 Å². The molecule has 2 N–H and O–H groups in total. The second-order valence-electron chi connectivity index (χ2n) is 7.76. The number of amides is 1. The molecule has 1 saturated carbocycles. The van der Waals surface area contributed by atoms with Gasteiger partial charge in [0.2, 0.25) is 0 Å². The molecule has 1 aliphatic carbocycles. The SMILES string of the molecule is Cc1c(C(N)=O)c(-c2ccc3c(c2)OCCO3)c(C)n1CC1CCCCC1. The third-order valence-corrected chi connectivity index (χ3v) is 6.03. The van der Waals surface area contributed by atoms with Crippen molar-refractivity contribution in [1.82, 2.24) is 4.57 Å². The van der Waals surface area contributed by atoms with Crippen LogP contribution in [-0.2, 0) is 6.54 Å². The second kappa shape index (κ2) is 7.29. The van der Waals surface area contributed by atoms with Crippen LogP contribution < -0.4 is 15.2 Å². The molecule has 2 heterocycles. The average molecular weight is 368 g/mol. The van der Waals surface area contributed by atoms with Crippen molar-refractivity contribution in [2.45, 2.75) is 52.5 Å². The lowest BCUT2D eigenvalue weighted by Crippen LogP contribution is -2.17. The van der Waals surface area contributed by atoms with Crippen molar-refractivity contribution in [2.75, 3.05) is 13.2 Å². The quantitative estimate of drug-likeness (QED) is 0.878. The Balaban J connectivity index is 1.77. The van der Waals surface area contributed by atoms with Gasteiger partial charge < -0.3 is 19.8 Å². The molecule has 4 rings (SSSR count). The Kier molecular flexibility index (Phi) is 4.85. The molecule has 1 amide bonds. The number of hydrogen-bond donors (Lipinski definition) is 1. The van der Waals surface area contributed by atoms with Gasteiger partial charge in [-0.1, -0.05) is 25.3 Å². The van der Waals surface area contributed by atoms with Gasteiger partial charge in [0.15, 0.2) is 11.5 Å². The minimum absolute atomic E-state index is 0.372. The van der Waals surface area contributed by atoms with Gasteiger partial charge in [-0.15, -0.1) is 0 Å². The van der Waals surface area contributed by atoms with Crippen LogP contribution in [0.4, 0.5) is 0 Å². The first-order valence-corrected chi connectivity index (χ1v) is 9.95. The van der Waals surface area contributed by atoms with Crippen LogP contribution in [0.3, 0.4) is 0 Å². The van der Waals surface area contributed by atoms with Crippen molar-refractivity contribution >= 4 is 5.91 Å². The fraction of sp³-hybridized carbons (Fsp3) is 0.500. The molecule has 0 saturated heterocycles. The summed E-state index contributed by atoms with van der Waals surface area (Å²) in [4.78, 5) is 12.3. The van der Waals surface area contributed by atoms with Crippen LogP contribution in [0, 0.1) is 19.8 Å². The van der Waals surface area contributed by atoms with Crippen molar-refractivity contribution < 1.29 is 14.3 Å². The number of benzene rings is 1. The summed E-state index contributed by atoms with van der Waals surface area (Å²) >= 11 is 0. The van der Waals surface area contributed by atoms with Crippen LogP contribution in [0.2, 0.25) is 0 Å². The zero-order valence-corrected chi connectivity index (χ0v) is 16.2. The van der Waals surface area contributed by atoms with Gasteiger partial charge in [-0.05, 0) is 50.3 Å². The molecule has 5 heteroatoms. The lowest BCUT2D eigenvalue weighted by molar-refractivity contribution is 0.1000. The second-order valence-corrected chi connectivity index (χ2v) is 7.76. The first kappa shape index (κ1) is 18.0. The van der Waals surface area contributed by atoms with E-state index in [0.717, 1.165) is 40.6 Å². The summed E-state index contributed by atoms with van der Waals surface area (Å²) in [5.74, 6) is 1.79. The van der Waals surface area contributed by atoms with Gasteiger partial charge in [0.25, 0.3) is 5.91 Å². The number of aromatic nitrogens is 1. The summed E-state index contributed by atoms with van der Waals surface area (Å²) in [6.07, 6.45) is 6.49. The van der Waals surface area contributed by atoms with Gasteiger partial charge in [-0.25, -0.2) is 0 Å². The molecule has 1 aromatic heterocycles. The van der Waals surface area contributed by atoms with Crippen molar-refractivity contribution in [3.05, 3.63) is 35.2 Å². The predicted octanol–water partition coefficient (Wildman–Crippen LogP) is 4.22. The highest BCUT2D eigenvalue weighted by Gasteiger charge is 2.25. The minimum atomic E-state index is -0.372. The fourth-order valence-corrected chi connectivity index (χ4v) is 4.64. The fourth-order valence-electron chi connectivity index (χ4n) is 4.64. The number of fused-ring (bicyclic) bond motifs is 1. The maximum Gasteiger partial charge on any atom is 0.251 e. The minimum Gasteiger partial charge on any atom is -0.486 e. The van der Waals surface area contributed by atoms with E-state index in [4.69, 9.17) is 15.2 Å². The first-order chi connectivity index (χ1) is 13.1. The first-order valence-electron chi connectivity index (χ1n) is 9.95. The van der Waals surface area contributed by atoms with E-state index in [1.807, 2.05) is 25.1 Å². The summed E-state index contributed by atoms with van der Waals surface area (Å²) in [6.45, 7) is 6.17. The largest absolute Gasteiger partial charge is 0.486 e. The Morgan fingerprint density at radius 1 is 1.07 bits per heavy atom. The molecule has 0 unspecified atom stereocenters. The Morgan fingerprint density at radius 2 is 1.78 bits per heavy atom. The highest BCUT2D eigenvalue weighted by Crippen LogP contribution is 2.39. The third kappa shape index (κ3) is 3.31. The molecule has 0 bridgehead atoms. The van der Waals surface area contributed by atoms with Crippen molar-refractivity contribution in [2.24, 2.45) is 11.7 Å². The Morgan fingerprint density at radius 3 is 2.48 bits per heavy atom. The zero-order chi connectivity index (χ0) is 19.0. The van der Waals surface area contributed by atoms with E-state index < -0.39 is 0 Å². The monoisotopic (exact) mass is 368 g/mol. The molecule has 27 heavy (non-hydrogen) atoms. The van der Waals surface area contributed by atoms with Gasteiger partial charge >= 0.3 is 0 Å². The smallest absolute Gasteiger partial charge is 0.251 e. The van der Waals surface area contributed by atoms with E-state index in [0.29, 0.717) is 24.7 Å². The van der Waals surface area contributed by atoms with Gasteiger partial charge in [-0.3, -0.25) is 4.79 Å². The normalized spacial score (nSPS) is 17.1. The van der Waals surface area contributed by atoms with Gasteiger partial charge in [-0.2, -0.15) is 0 Å². The highest BCUT2D eigenvalue weighted by molar-refractivity contribution is 6.02. The molecular weight excluding hydrogens is 340 g/mol. The molecule has 2 aromatic rings. The lowest BCUT2D eigenvalue weighted by atomic mass is 9.89. The lowest BCUT2D eigenvalue weighted by Gasteiger charge is -2.24. The molecule has 144 valence electrons. The molecule has 1 fully saturated rings. The molecule has 5 nitrogen and oxygen atoms in total. The summed E-state index contributed by atoms with van der Waals surface area (Å²) in [7, 11) is 0. The van der Waals surface area contributed by atoms with Crippen molar-refractivity contribution in [1.29, 1.82) is 0 Å². The molecular formula is C22H28N2O3. The molecule has 0 atom stereocenters. The van der Waals surface area contributed by atoms with Crippen LogP contribution in [0.1, 0.15) is 53.8 Å². The number of carbonyl (C=O) groups is 1. The summed E-state index contributed by atoms with van der Waals surface area (Å²) in [5, 5.41) is 0. The van der Waals surface area contributed by atoms with Crippen LogP contribution in [0.25, 0.3) is 11.1 Å². The number of carbonyl (C=O) groups excluding carboxylic acids is 1. The molecule has 1 aliphatic heterocycles. The van der Waals surface area contributed by atoms with Gasteiger partial charge in [0.1, 0.15) is 13.2 Å². The maximum atomic E-state index is 12.3. The van der Waals surface area contributed by atoms with Crippen LogP contribution in [-0.4, -0.2) is 23.7 Å². The standard InChI is InChI=1S/C22H28N2O3/c1-14-20(17-8-9-18-19(12-17)27-11-10-26-18)21(22(23)25)15(2)24(14)13-16-6-4-3-5-7-16/h8-9,12,16H,3-7,10-11,13H2,1-2H3,(H2,23,25). The summed E-state index contributed by atoms with van der Waals surface area (Å²) in [5.41, 5.74) is 10.4.